The van der Waals surface area contributed by atoms with Gasteiger partial charge in [0, 0.05) is 6.07 Å². The summed E-state index contributed by atoms with van der Waals surface area (Å²) in [5.41, 5.74) is 0.511. The molecule has 2 heterocycles. The second kappa shape index (κ2) is 6.37. The summed E-state index contributed by atoms with van der Waals surface area (Å²) in [6.45, 7) is 1.53. The van der Waals surface area contributed by atoms with Crippen molar-refractivity contribution in [2.24, 2.45) is 0 Å². The molecule has 1 fully saturated rings. The summed E-state index contributed by atoms with van der Waals surface area (Å²) in [5, 5.41) is -0.187. The summed E-state index contributed by atoms with van der Waals surface area (Å²) < 4.78 is 15.1. The van der Waals surface area contributed by atoms with E-state index in [4.69, 9.17) is 21.1 Å². The lowest BCUT2D eigenvalue weighted by Crippen LogP contribution is -2.42. The molecule has 2 amide bonds. The molecule has 126 valence electrons. The SMILES string of the molecule is COC(=O)[C@H](C)N1C(=O)S/C(=C\c2cc3c(cc2Cl)OCO3)C1=O. The fraction of sp³-hybridized carbons (Fsp3) is 0.267. The van der Waals surface area contributed by atoms with Gasteiger partial charge in [0.1, 0.15) is 6.04 Å². The Bertz CT molecular complexity index is 777. The summed E-state index contributed by atoms with van der Waals surface area (Å²) in [7, 11) is 1.19. The summed E-state index contributed by atoms with van der Waals surface area (Å²) >= 11 is 6.90. The zero-order chi connectivity index (χ0) is 17.4. The number of hydrogen-bond acceptors (Lipinski definition) is 7. The molecule has 0 unspecified atom stereocenters. The zero-order valence-electron chi connectivity index (χ0n) is 12.7. The van der Waals surface area contributed by atoms with Crippen LogP contribution in [0, 0.1) is 0 Å². The van der Waals surface area contributed by atoms with Gasteiger partial charge in [-0.25, -0.2) is 4.79 Å². The third-order valence-corrected chi connectivity index (χ3v) is 4.74. The van der Waals surface area contributed by atoms with Crippen LogP contribution < -0.4 is 9.47 Å². The van der Waals surface area contributed by atoms with Gasteiger partial charge in [-0.1, -0.05) is 11.6 Å². The highest BCUT2D eigenvalue weighted by atomic mass is 35.5. The van der Waals surface area contributed by atoms with Gasteiger partial charge in [0.2, 0.25) is 6.79 Å². The Hall–Kier alpha value is -2.19. The van der Waals surface area contributed by atoms with Gasteiger partial charge in [0.25, 0.3) is 11.1 Å². The molecule has 1 aromatic carbocycles. The maximum Gasteiger partial charge on any atom is 0.328 e. The molecule has 7 nitrogen and oxygen atoms in total. The Balaban J connectivity index is 1.91. The predicted octanol–water partition coefficient (Wildman–Crippen LogP) is 2.67. The van der Waals surface area contributed by atoms with Crippen LogP contribution in [-0.2, 0) is 14.3 Å². The van der Waals surface area contributed by atoms with Crippen LogP contribution in [0.15, 0.2) is 17.0 Å². The van der Waals surface area contributed by atoms with Crippen molar-refractivity contribution in [2.75, 3.05) is 13.9 Å². The first-order chi connectivity index (χ1) is 11.4. The van der Waals surface area contributed by atoms with E-state index in [1.165, 1.54) is 20.1 Å². The predicted molar refractivity (Wildman–Crippen MR) is 86.9 cm³/mol. The van der Waals surface area contributed by atoms with Crippen molar-refractivity contribution < 1.29 is 28.6 Å². The Morgan fingerprint density at radius 3 is 2.71 bits per heavy atom. The molecule has 0 saturated carbocycles. The van der Waals surface area contributed by atoms with Crippen LogP contribution in [0.5, 0.6) is 11.5 Å². The molecule has 0 radical (unpaired) electrons. The number of imide groups is 1. The van der Waals surface area contributed by atoms with E-state index in [9.17, 15) is 14.4 Å². The van der Waals surface area contributed by atoms with Crippen molar-refractivity contribution in [3.63, 3.8) is 0 Å². The topological polar surface area (TPSA) is 82.1 Å². The van der Waals surface area contributed by atoms with Crippen LogP contribution in [0.2, 0.25) is 5.02 Å². The van der Waals surface area contributed by atoms with Crippen LogP contribution in [0.4, 0.5) is 4.79 Å². The van der Waals surface area contributed by atoms with Gasteiger partial charge in [-0.15, -0.1) is 0 Å². The van der Waals surface area contributed by atoms with Gasteiger partial charge in [-0.3, -0.25) is 14.5 Å². The standard InChI is InChI=1S/C15H12ClNO6S/c1-7(14(19)21-2)17-13(18)12(24-15(17)20)4-8-3-10-11(5-9(8)16)23-6-22-10/h3-5,7H,6H2,1-2H3/b12-4-/t7-/m0/s1. The minimum atomic E-state index is -0.999. The normalized spacial score (nSPS) is 19.1. The first-order valence-electron chi connectivity index (χ1n) is 6.86. The molecule has 1 atom stereocenters. The van der Waals surface area contributed by atoms with E-state index in [0.29, 0.717) is 22.1 Å². The lowest BCUT2D eigenvalue weighted by molar-refractivity contribution is -0.148. The fourth-order valence-corrected chi connectivity index (χ4v) is 3.38. The second-order valence-corrected chi connectivity index (χ2v) is 6.38. The zero-order valence-corrected chi connectivity index (χ0v) is 14.3. The van der Waals surface area contributed by atoms with E-state index in [0.717, 1.165) is 16.7 Å². The number of amides is 2. The summed E-state index contributed by atoms with van der Waals surface area (Å²) in [6, 6.07) is 2.21. The summed E-state index contributed by atoms with van der Waals surface area (Å²) in [4.78, 5) is 37.1. The van der Waals surface area contributed by atoms with Crippen LogP contribution in [0.1, 0.15) is 12.5 Å². The van der Waals surface area contributed by atoms with Gasteiger partial charge >= 0.3 is 5.97 Å². The first kappa shape index (κ1) is 16.7. The van der Waals surface area contributed by atoms with Gasteiger partial charge in [0.05, 0.1) is 17.0 Å². The highest BCUT2D eigenvalue weighted by Crippen LogP contribution is 2.40. The minimum absolute atomic E-state index is 0.0995. The Labute approximate surface area is 146 Å². The van der Waals surface area contributed by atoms with Crippen molar-refractivity contribution in [1.29, 1.82) is 0 Å². The van der Waals surface area contributed by atoms with Crippen molar-refractivity contribution >= 4 is 46.6 Å². The van der Waals surface area contributed by atoms with Gasteiger partial charge in [0.15, 0.2) is 11.5 Å². The molecule has 3 rings (SSSR count). The smallest absolute Gasteiger partial charge is 0.328 e. The maximum absolute atomic E-state index is 12.4. The Kier molecular flexibility index (Phi) is 4.42. The van der Waals surface area contributed by atoms with E-state index in [-0.39, 0.29) is 11.7 Å². The minimum Gasteiger partial charge on any atom is -0.467 e. The van der Waals surface area contributed by atoms with Crippen LogP contribution in [0.25, 0.3) is 6.08 Å². The number of halogens is 1. The van der Waals surface area contributed by atoms with Crippen LogP contribution >= 0.6 is 23.4 Å². The van der Waals surface area contributed by atoms with Crippen LogP contribution in [0.3, 0.4) is 0 Å². The first-order valence-corrected chi connectivity index (χ1v) is 8.06. The number of nitrogens with zero attached hydrogens (tertiary/aromatic N) is 1. The average Bonchev–Trinajstić information content (AvgIpc) is 3.10. The Morgan fingerprint density at radius 1 is 1.38 bits per heavy atom. The molecular formula is C15H12ClNO6S. The van der Waals surface area contributed by atoms with Crippen molar-refractivity contribution in [3.8, 4) is 11.5 Å². The van der Waals surface area contributed by atoms with Gasteiger partial charge in [-0.05, 0) is 36.4 Å². The number of carbonyl (C=O) groups is 3. The summed E-state index contributed by atoms with van der Waals surface area (Å²) in [5.74, 6) is -0.214. The lowest BCUT2D eigenvalue weighted by Gasteiger charge is -2.18. The number of esters is 1. The highest BCUT2D eigenvalue weighted by Gasteiger charge is 2.41. The molecule has 0 aromatic heterocycles. The number of benzene rings is 1. The number of methoxy groups -OCH3 is 1. The number of ether oxygens (including phenoxy) is 3. The van der Waals surface area contributed by atoms with Crippen molar-refractivity contribution in [3.05, 3.63) is 27.6 Å². The number of hydrogen-bond donors (Lipinski definition) is 0. The van der Waals surface area contributed by atoms with E-state index >= 15 is 0 Å². The van der Waals surface area contributed by atoms with Crippen molar-refractivity contribution in [2.45, 2.75) is 13.0 Å². The van der Waals surface area contributed by atoms with Crippen LogP contribution in [-0.4, -0.2) is 42.0 Å². The molecule has 0 N–H and O–H groups in total. The molecule has 2 aliphatic heterocycles. The molecule has 0 aliphatic carbocycles. The Morgan fingerprint density at radius 2 is 2.04 bits per heavy atom. The molecular weight excluding hydrogens is 358 g/mol. The number of thioether (sulfide) groups is 1. The largest absolute Gasteiger partial charge is 0.467 e. The fourth-order valence-electron chi connectivity index (χ4n) is 2.27. The number of rotatable bonds is 3. The maximum atomic E-state index is 12.4. The van der Waals surface area contributed by atoms with E-state index in [1.807, 2.05) is 0 Å². The molecule has 2 aliphatic rings. The third-order valence-electron chi connectivity index (χ3n) is 3.53. The number of carbonyl (C=O) groups excluding carboxylic acids is 3. The molecule has 0 bridgehead atoms. The molecule has 1 saturated heterocycles. The van der Waals surface area contributed by atoms with Crippen molar-refractivity contribution in [1.82, 2.24) is 4.90 Å². The van der Waals surface area contributed by atoms with Gasteiger partial charge < -0.3 is 14.2 Å². The monoisotopic (exact) mass is 369 g/mol. The molecule has 0 spiro atoms. The van der Waals surface area contributed by atoms with E-state index < -0.39 is 23.2 Å². The highest BCUT2D eigenvalue weighted by molar-refractivity contribution is 8.18. The van der Waals surface area contributed by atoms with E-state index in [2.05, 4.69) is 4.74 Å². The lowest BCUT2D eigenvalue weighted by atomic mass is 10.1. The molecule has 24 heavy (non-hydrogen) atoms. The average molecular weight is 370 g/mol. The quantitative estimate of drug-likeness (QED) is 0.598. The molecule has 9 heteroatoms. The second-order valence-electron chi connectivity index (χ2n) is 4.98. The molecule has 1 aromatic rings. The third kappa shape index (κ3) is 2.83. The van der Waals surface area contributed by atoms with Gasteiger partial charge in [-0.2, -0.15) is 0 Å². The summed E-state index contributed by atoms with van der Waals surface area (Å²) in [6.07, 6.45) is 1.49. The van der Waals surface area contributed by atoms with E-state index in [1.54, 1.807) is 12.1 Å². The number of fused-ring (bicyclic) bond motifs is 1.